The average Bonchev–Trinajstić information content (AvgIpc) is 2.87. The first kappa shape index (κ1) is 17.6. The van der Waals surface area contributed by atoms with Gasteiger partial charge in [-0.05, 0) is 31.0 Å². The number of imide groups is 1. The first-order valence-electron chi connectivity index (χ1n) is 8.42. The van der Waals surface area contributed by atoms with E-state index in [1.54, 1.807) is 12.1 Å². The van der Waals surface area contributed by atoms with Crippen molar-refractivity contribution in [1.29, 1.82) is 0 Å². The molecular formula is C19H20N4O3. The summed E-state index contributed by atoms with van der Waals surface area (Å²) >= 11 is 0. The molecule has 0 unspecified atom stereocenters. The number of nitrogens with zero attached hydrogens (tertiary/aromatic N) is 2. The van der Waals surface area contributed by atoms with E-state index in [2.05, 4.69) is 15.6 Å². The van der Waals surface area contributed by atoms with Crippen LogP contribution >= 0.6 is 0 Å². The first-order chi connectivity index (χ1) is 12.5. The van der Waals surface area contributed by atoms with Crippen molar-refractivity contribution in [3.63, 3.8) is 0 Å². The molecule has 1 aliphatic heterocycles. The van der Waals surface area contributed by atoms with Gasteiger partial charge in [0.2, 0.25) is 5.91 Å². The smallest absolute Gasteiger partial charge is 0.324 e. The lowest BCUT2D eigenvalue weighted by Crippen LogP contribution is -2.35. The van der Waals surface area contributed by atoms with E-state index in [0.717, 1.165) is 16.2 Å². The SMILES string of the molecule is Cc1cccc(NC(=O)C[C@H]2NC(=O)N(CCc3ccccc3)C2=O)n1. The molecule has 0 spiro atoms. The summed E-state index contributed by atoms with van der Waals surface area (Å²) in [6.07, 6.45) is 0.453. The fourth-order valence-corrected chi connectivity index (χ4v) is 2.80. The van der Waals surface area contributed by atoms with Crippen LogP contribution in [-0.4, -0.2) is 40.3 Å². The van der Waals surface area contributed by atoms with E-state index in [-0.39, 0.29) is 24.8 Å². The maximum absolute atomic E-state index is 12.4. The molecule has 2 N–H and O–H groups in total. The molecule has 7 nitrogen and oxygen atoms in total. The van der Waals surface area contributed by atoms with Crippen LogP contribution in [-0.2, 0) is 16.0 Å². The molecule has 26 heavy (non-hydrogen) atoms. The summed E-state index contributed by atoms with van der Waals surface area (Å²) in [6.45, 7) is 2.10. The van der Waals surface area contributed by atoms with Crippen LogP contribution in [0, 0.1) is 6.92 Å². The highest BCUT2D eigenvalue weighted by atomic mass is 16.2. The molecule has 1 fully saturated rings. The van der Waals surface area contributed by atoms with Gasteiger partial charge in [-0.1, -0.05) is 36.4 Å². The van der Waals surface area contributed by atoms with Crippen molar-refractivity contribution in [2.24, 2.45) is 0 Å². The predicted octanol–water partition coefficient (Wildman–Crippen LogP) is 1.88. The highest BCUT2D eigenvalue weighted by molar-refractivity contribution is 6.06. The molecule has 1 aromatic carbocycles. The number of aryl methyl sites for hydroxylation is 1. The molecule has 2 aromatic rings. The zero-order valence-electron chi connectivity index (χ0n) is 14.4. The molecule has 3 rings (SSSR count). The number of hydrogen-bond donors (Lipinski definition) is 2. The average molecular weight is 352 g/mol. The second-order valence-electron chi connectivity index (χ2n) is 6.14. The molecule has 0 bridgehead atoms. The van der Waals surface area contributed by atoms with Gasteiger partial charge in [-0.3, -0.25) is 14.5 Å². The molecule has 1 saturated heterocycles. The maximum atomic E-state index is 12.4. The second kappa shape index (κ2) is 7.77. The van der Waals surface area contributed by atoms with Gasteiger partial charge in [0.25, 0.3) is 5.91 Å². The van der Waals surface area contributed by atoms with Gasteiger partial charge >= 0.3 is 6.03 Å². The minimum absolute atomic E-state index is 0.123. The Morgan fingerprint density at radius 1 is 1.15 bits per heavy atom. The molecular weight excluding hydrogens is 332 g/mol. The van der Waals surface area contributed by atoms with Crippen LogP contribution in [0.25, 0.3) is 0 Å². The number of rotatable bonds is 6. The van der Waals surface area contributed by atoms with Crippen molar-refractivity contribution in [3.8, 4) is 0 Å². The van der Waals surface area contributed by atoms with Gasteiger partial charge in [0.05, 0.1) is 6.42 Å². The van der Waals surface area contributed by atoms with E-state index in [9.17, 15) is 14.4 Å². The highest BCUT2D eigenvalue weighted by Crippen LogP contribution is 2.13. The molecule has 1 aromatic heterocycles. The van der Waals surface area contributed by atoms with Gasteiger partial charge in [-0.15, -0.1) is 0 Å². The molecule has 7 heteroatoms. The van der Waals surface area contributed by atoms with Crippen molar-refractivity contribution in [2.75, 3.05) is 11.9 Å². The zero-order chi connectivity index (χ0) is 18.5. The number of amides is 4. The van der Waals surface area contributed by atoms with E-state index in [0.29, 0.717) is 12.2 Å². The molecule has 1 aliphatic rings. The summed E-state index contributed by atoms with van der Waals surface area (Å²) in [5, 5.41) is 5.22. The Balaban J connectivity index is 1.55. The van der Waals surface area contributed by atoms with Crippen LogP contribution < -0.4 is 10.6 Å². The van der Waals surface area contributed by atoms with E-state index < -0.39 is 12.1 Å². The van der Waals surface area contributed by atoms with Crippen LogP contribution in [0.1, 0.15) is 17.7 Å². The largest absolute Gasteiger partial charge is 0.325 e. The van der Waals surface area contributed by atoms with Gasteiger partial charge in [0, 0.05) is 12.2 Å². The molecule has 0 aliphatic carbocycles. The summed E-state index contributed by atoms with van der Waals surface area (Å²) in [5.74, 6) is -0.322. The predicted molar refractivity (Wildman–Crippen MR) is 96.4 cm³/mol. The summed E-state index contributed by atoms with van der Waals surface area (Å²) in [6, 6.07) is 13.6. The maximum Gasteiger partial charge on any atom is 0.324 e. The number of hydrogen-bond acceptors (Lipinski definition) is 4. The Kier molecular flexibility index (Phi) is 5.26. The van der Waals surface area contributed by atoms with Crippen molar-refractivity contribution in [1.82, 2.24) is 15.2 Å². The van der Waals surface area contributed by atoms with Crippen LogP contribution in [0.3, 0.4) is 0 Å². The monoisotopic (exact) mass is 352 g/mol. The molecule has 4 amide bonds. The minimum atomic E-state index is -0.844. The number of carbonyl (C=O) groups is 3. The number of carbonyl (C=O) groups excluding carboxylic acids is 3. The third-order valence-corrected chi connectivity index (χ3v) is 4.12. The Morgan fingerprint density at radius 3 is 2.65 bits per heavy atom. The zero-order valence-corrected chi connectivity index (χ0v) is 14.4. The van der Waals surface area contributed by atoms with Gasteiger partial charge in [0.1, 0.15) is 11.9 Å². The quantitative estimate of drug-likeness (QED) is 0.777. The lowest BCUT2D eigenvalue weighted by atomic mass is 10.1. The Bertz CT molecular complexity index is 823. The van der Waals surface area contributed by atoms with Crippen LogP contribution in [0.5, 0.6) is 0 Å². The normalized spacial score (nSPS) is 16.5. The Labute approximate surface area is 151 Å². The molecule has 2 heterocycles. The van der Waals surface area contributed by atoms with E-state index in [4.69, 9.17) is 0 Å². The summed E-state index contributed by atoms with van der Waals surface area (Å²) in [5.41, 5.74) is 1.82. The molecule has 0 radical (unpaired) electrons. The van der Waals surface area contributed by atoms with Crippen molar-refractivity contribution < 1.29 is 14.4 Å². The van der Waals surface area contributed by atoms with E-state index >= 15 is 0 Å². The van der Waals surface area contributed by atoms with Crippen molar-refractivity contribution in [2.45, 2.75) is 25.8 Å². The number of urea groups is 1. The third kappa shape index (κ3) is 4.24. The molecule has 0 saturated carbocycles. The minimum Gasteiger partial charge on any atom is -0.325 e. The number of anilines is 1. The lowest BCUT2D eigenvalue weighted by Gasteiger charge is -2.13. The summed E-state index contributed by atoms with van der Waals surface area (Å²) < 4.78 is 0. The number of pyridine rings is 1. The number of benzene rings is 1. The van der Waals surface area contributed by atoms with Crippen LogP contribution in [0.15, 0.2) is 48.5 Å². The topological polar surface area (TPSA) is 91.4 Å². The van der Waals surface area contributed by atoms with E-state index in [1.165, 1.54) is 0 Å². The summed E-state index contributed by atoms with van der Waals surface area (Å²) in [7, 11) is 0. The summed E-state index contributed by atoms with van der Waals surface area (Å²) in [4.78, 5) is 42.0. The fraction of sp³-hybridized carbons (Fsp3) is 0.263. The third-order valence-electron chi connectivity index (χ3n) is 4.12. The van der Waals surface area contributed by atoms with Gasteiger partial charge in [0.15, 0.2) is 0 Å². The fourth-order valence-electron chi connectivity index (χ4n) is 2.80. The van der Waals surface area contributed by atoms with Crippen molar-refractivity contribution in [3.05, 3.63) is 59.8 Å². The van der Waals surface area contributed by atoms with E-state index in [1.807, 2.05) is 43.3 Å². The molecule has 134 valence electrons. The van der Waals surface area contributed by atoms with Crippen molar-refractivity contribution >= 4 is 23.7 Å². The number of nitrogens with one attached hydrogen (secondary N) is 2. The van der Waals surface area contributed by atoms with Gasteiger partial charge in [-0.25, -0.2) is 9.78 Å². The Hall–Kier alpha value is -3.22. The standard InChI is InChI=1S/C19H20N4O3/c1-13-6-5-9-16(20-13)22-17(24)12-15-18(25)23(19(26)21-15)11-10-14-7-3-2-4-8-14/h2-9,15H,10-12H2,1H3,(H,21,26)(H,20,22,24)/t15-/m1/s1. The van der Waals surface area contributed by atoms with Crippen LogP contribution in [0.2, 0.25) is 0 Å². The lowest BCUT2D eigenvalue weighted by molar-refractivity contribution is -0.129. The highest BCUT2D eigenvalue weighted by Gasteiger charge is 2.38. The molecule has 1 atom stereocenters. The first-order valence-corrected chi connectivity index (χ1v) is 8.42. The van der Waals surface area contributed by atoms with Gasteiger partial charge in [-0.2, -0.15) is 0 Å². The number of aromatic nitrogens is 1. The second-order valence-corrected chi connectivity index (χ2v) is 6.14. The van der Waals surface area contributed by atoms with Gasteiger partial charge < -0.3 is 10.6 Å². The Morgan fingerprint density at radius 2 is 1.92 bits per heavy atom. The van der Waals surface area contributed by atoms with Crippen LogP contribution in [0.4, 0.5) is 10.6 Å².